The van der Waals surface area contributed by atoms with Gasteiger partial charge in [0.05, 0.1) is 6.04 Å². The van der Waals surface area contributed by atoms with Crippen LogP contribution >= 0.6 is 0 Å². The number of carbonyl (C=O) groups excluding carboxylic acids is 3. The van der Waals surface area contributed by atoms with E-state index in [4.69, 9.17) is 9.47 Å². The smallest absolute Gasteiger partial charge is 0.413 e. The number of nitrogens with one attached hydrogen (secondary N) is 1. The van der Waals surface area contributed by atoms with Crippen LogP contribution in [0, 0.1) is 5.92 Å². The third-order valence-corrected chi connectivity index (χ3v) is 3.89. The maximum Gasteiger partial charge on any atom is 0.413 e. The molecule has 22 heavy (non-hydrogen) atoms. The average Bonchev–Trinajstić information content (AvgIpc) is 2.47. The maximum atomic E-state index is 11.9. The maximum absolute atomic E-state index is 11.9. The van der Waals surface area contributed by atoms with E-state index in [1.165, 1.54) is 11.9 Å². The molecule has 0 aromatic carbocycles. The monoisotopic (exact) mass is 314 g/mol. The second kappa shape index (κ2) is 8.73. The molecule has 7 heteroatoms. The van der Waals surface area contributed by atoms with Gasteiger partial charge in [0, 0.05) is 13.5 Å². The van der Waals surface area contributed by atoms with Crippen molar-refractivity contribution < 1.29 is 23.9 Å². The standard InChI is InChI=1S/C15H26N2O5/c1-10(2)13(16-3)14(19)21-9-22-15(20)17(4)11-7-5-6-8-12(11)18/h10-11,13,16H,5-9H2,1-4H3. The van der Waals surface area contributed by atoms with Crippen LogP contribution in [0.5, 0.6) is 0 Å². The molecule has 0 aromatic rings. The van der Waals surface area contributed by atoms with Crippen molar-refractivity contribution in [3.05, 3.63) is 0 Å². The summed E-state index contributed by atoms with van der Waals surface area (Å²) < 4.78 is 9.85. The summed E-state index contributed by atoms with van der Waals surface area (Å²) in [4.78, 5) is 36.7. The van der Waals surface area contributed by atoms with Crippen LogP contribution in [0.3, 0.4) is 0 Å². The summed E-state index contributed by atoms with van der Waals surface area (Å²) in [5.41, 5.74) is 0. The molecular weight excluding hydrogens is 288 g/mol. The molecule has 0 saturated heterocycles. The number of hydrogen-bond acceptors (Lipinski definition) is 6. The highest BCUT2D eigenvalue weighted by Gasteiger charge is 2.30. The topological polar surface area (TPSA) is 84.9 Å². The zero-order valence-corrected chi connectivity index (χ0v) is 13.8. The normalized spacial score (nSPS) is 19.7. The molecule has 0 radical (unpaired) electrons. The Balaban J connectivity index is 2.39. The van der Waals surface area contributed by atoms with E-state index < -0.39 is 30.9 Å². The van der Waals surface area contributed by atoms with Crippen LogP contribution in [0.25, 0.3) is 0 Å². The van der Waals surface area contributed by atoms with Crippen molar-refractivity contribution >= 4 is 17.8 Å². The zero-order valence-electron chi connectivity index (χ0n) is 13.8. The van der Waals surface area contributed by atoms with E-state index in [9.17, 15) is 14.4 Å². The largest absolute Gasteiger partial charge is 0.427 e. The second-order valence-corrected chi connectivity index (χ2v) is 5.84. The molecule has 1 amide bonds. The number of likely N-dealkylation sites (N-methyl/N-ethyl adjacent to an activating group) is 2. The van der Waals surface area contributed by atoms with Crippen LogP contribution in [0.2, 0.25) is 0 Å². The van der Waals surface area contributed by atoms with Gasteiger partial charge in [-0.25, -0.2) is 4.79 Å². The van der Waals surface area contributed by atoms with E-state index in [1.807, 2.05) is 13.8 Å². The molecule has 126 valence electrons. The van der Waals surface area contributed by atoms with Crippen LogP contribution in [0.1, 0.15) is 39.5 Å². The Morgan fingerprint density at radius 1 is 1.32 bits per heavy atom. The summed E-state index contributed by atoms with van der Waals surface area (Å²) >= 11 is 0. The number of hydrogen-bond donors (Lipinski definition) is 1. The Morgan fingerprint density at radius 3 is 2.55 bits per heavy atom. The Hall–Kier alpha value is -1.63. The molecule has 0 heterocycles. The van der Waals surface area contributed by atoms with Gasteiger partial charge < -0.3 is 19.7 Å². The van der Waals surface area contributed by atoms with Gasteiger partial charge >= 0.3 is 12.1 Å². The van der Waals surface area contributed by atoms with Gasteiger partial charge in [-0.3, -0.25) is 9.59 Å². The third-order valence-electron chi connectivity index (χ3n) is 3.89. The number of Topliss-reactive ketones (excluding diaryl/α,β-unsaturated/α-hetero) is 1. The number of ether oxygens (including phenoxy) is 2. The fourth-order valence-corrected chi connectivity index (χ4v) is 2.55. The lowest BCUT2D eigenvalue weighted by molar-refractivity contribution is -0.156. The predicted molar refractivity (Wildman–Crippen MR) is 80.2 cm³/mol. The molecule has 1 N–H and O–H groups in total. The van der Waals surface area contributed by atoms with E-state index in [-0.39, 0.29) is 11.7 Å². The van der Waals surface area contributed by atoms with Crippen LogP contribution in [0.15, 0.2) is 0 Å². The number of ketones is 1. The summed E-state index contributed by atoms with van der Waals surface area (Å²) in [5.74, 6) is -0.352. The molecule has 0 aromatic heterocycles. The molecular formula is C15H26N2O5. The number of rotatable bonds is 6. The fraction of sp³-hybridized carbons (Fsp3) is 0.800. The Labute approximate surface area is 131 Å². The summed E-state index contributed by atoms with van der Waals surface area (Å²) in [6.45, 7) is 3.32. The molecule has 0 spiro atoms. The Bertz CT molecular complexity index is 411. The molecule has 2 unspecified atom stereocenters. The fourth-order valence-electron chi connectivity index (χ4n) is 2.55. The number of amides is 1. The lowest BCUT2D eigenvalue weighted by Crippen LogP contribution is -2.44. The van der Waals surface area contributed by atoms with Crippen molar-refractivity contribution in [2.24, 2.45) is 5.92 Å². The highest BCUT2D eigenvalue weighted by atomic mass is 16.7. The van der Waals surface area contributed by atoms with E-state index in [2.05, 4.69) is 5.32 Å². The summed E-state index contributed by atoms with van der Waals surface area (Å²) in [5, 5.41) is 2.85. The average molecular weight is 314 g/mol. The molecule has 1 saturated carbocycles. The SMILES string of the molecule is CNC(C(=O)OCOC(=O)N(C)C1CCCCC1=O)C(C)C. The van der Waals surface area contributed by atoms with Gasteiger partial charge in [0.2, 0.25) is 6.79 Å². The van der Waals surface area contributed by atoms with Crippen LogP contribution in [-0.4, -0.2) is 55.7 Å². The van der Waals surface area contributed by atoms with Crippen molar-refractivity contribution in [2.75, 3.05) is 20.9 Å². The summed E-state index contributed by atoms with van der Waals surface area (Å²) in [6.07, 6.45) is 2.28. The predicted octanol–water partition coefficient (Wildman–Crippen LogP) is 1.31. The van der Waals surface area contributed by atoms with E-state index in [0.717, 1.165) is 12.8 Å². The van der Waals surface area contributed by atoms with Gasteiger partial charge in [0.25, 0.3) is 0 Å². The molecule has 0 aliphatic heterocycles. The van der Waals surface area contributed by atoms with Crippen LogP contribution in [0.4, 0.5) is 4.79 Å². The van der Waals surface area contributed by atoms with E-state index in [0.29, 0.717) is 12.8 Å². The van der Waals surface area contributed by atoms with Gasteiger partial charge in [-0.1, -0.05) is 20.3 Å². The van der Waals surface area contributed by atoms with Gasteiger partial charge in [0.15, 0.2) is 5.78 Å². The molecule has 0 bridgehead atoms. The second-order valence-electron chi connectivity index (χ2n) is 5.84. The van der Waals surface area contributed by atoms with Gasteiger partial charge in [0.1, 0.15) is 6.04 Å². The quantitative estimate of drug-likeness (QED) is 0.588. The van der Waals surface area contributed by atoms with E-state index in [1.54, 1.807) is 7.05 Å². The zero-order chi connectivity index (χ0) is 16.7. The first kappa shape index (κ1) is 18.4. The summed E-state index contributed by atoms with van der Waals surface area (Å²) in [6, 6.07) is -0.881. The molecule has 2 atom stereocenters. The number of esters is 1. The van der Waals surface area contributed by atoms with Crippen LogP contribution in [-0.2, 0) is 19.1 Å². The van der Waals surface area contributed by atoms with Crippen molar-refractivity contribution in [1.82, 2.24) is 10.2 Å². The first-order valence-electron chi connectivity index (χ1n) is 7.64. The minimum absolute atomic E-state index is 0.0535. The summed E-state index contributed by atoms with van der Waals surface area (Å²) in [7, 11) is 3.20. The van der Waals surface area contributed by atoms with Gasteiger partial charge in [-0.05, 0) is 25.8 Å². The minimum Gasteiger partial charge on any atom is -0.427 e. The Morgan fingerprint density at radius 2 is 2.00 bits per heavy atom. The number of nitrogens with zero attached hydrogens (tertiary/aromatic N) is 1. The van der Waals surface area contributed by atoms with Crippen molar-refractivity contribution in [2.45, 2.75) is 51.6 Å². The number of carbonyl (C=O) groups is 3. The van der Waals surface area contributed by atoms with E-state index >= 15 is 0 Å². The molecule has 1 aliphatic carbocycles. The first-order valence-corrected chi connectivity index (χ1v) is 7.64. The van der Waals surface area contributed by atoms with Gasteiger partial charge in [-0.15, -0.1) is 0 Å². The molecule has 1 rings (SSSR count). The minimum atomic E-state index is -0.654. The van der Waals surface area contributed by atoms with Crippen molar-refractivity contribution in [3.8, 4) is 0 Å². The van der Waals surface area contributed by atoms with Crippen LogP contribution < -0.4 is 5.32 Å². The molecule has 7 nitrogen and oxygen atoms in total. The van der Waals surface area contributed by atoms with Gasteiger partial charge in [-0.2, -0.15) is 0 Å². The first-order chi connectivity index (χ1) is 10.4. The molecule has 1 fully saturated rings. The third kappa shape index (κ3) is 4.98. The Kier molecular flexibility index (Phi) is 7.31. The molecule has 1 aliphatic rings. The highest BCUT2D eigenvalue weighted by molar-refractivity contribution is 5.87. The van der Waals surface area contributed by atoms with Crippen molar-refractivity contribution in [3.63, 3.8) is 0 Å². The lowest BCUT2D eigenvalue weighted by atomic mass is 9.93. The van der Waals surface area contributed by atoms with Crippen molar-refractivity contribution in [1.29, 1.82) is 0 Å². The lowest BCUT2D eigenvalue weighted by Gasteiger charge is -2.29. The highest BCUT2D eigenvalue weighted by Crippen LogP contribution is 2.19.